The summed E-state index contributed by atoms with van der Waals surface area (Å²) in [5.74, 6) is 1.38. The van der Waals surface area contributed by atoms with E-state index in [4.69, 9.17) is 21.1 Å². The van der Waals surface area contributed by atoms with Crippen molar-refractivity contribution in [3.63, 3.8) is 0 Å². The Bertz CT molecular complexity index is 602. The summed E-state index contributed by atoms with van der Waals surface area (Å²) in [5, 5.41) is 4.54. The van der Waals surface area contributed by atoms with Gasteiger partial charge in [-0.3, -0.25) is 0 Å². The van der Waals surface area contributed by atoms with Crippen LogP contribution in [0.25, 0.3) is 11.4 Å². The molecule has 0 N–H and O–H groups in total. The van der Waals surface area contributed by atoms with E-state index in [-0.39, 0.29) is 0 Å². The highest BCUT2D eigenvalue weighted by Crippen LogP contribution is 2.30. The molecule has 0 unspecified atom stereocenters. The lowest BCUT2D eigenvalue weighted by atomic mass is 10.1. The third kappa shape index (κ3) is 2.25. The van der Waals surface area contributed by atoms with Crippen LogP contribution < -0.4 is 0 Å². The van der Waals surface area contributed by atoms with Crippen molar-refractivity contribution in [3.8, 4) is 11.4 Å². The first kappa shape index (κ1) is 12.6. The summed E-state index contributed by atoms with van der Waals surface area (Å²) in [4.78, 5) is 9.15. The standard InChI is InChI=1S/C14H16ClN3O/c1-8-12(9(2)19-18-8)14-16-11-7-5-3-4-6-10(11)13(15)17-14/h3-7H2,1-2H3. The van der Waals surface area contributed by atoms with Crippen molar-refractivity contribution in [3.05, 3.63) is 27.9 Å². The number of fused-ring (bicyclic) bond motifs is 1. The molecule has 1 aliphatic rings. The van der Waals surface area contributed by atoms with Crippen LogP contribution in [0.4, 0.5) is 0 Å². The molecule has 5 heteroatoms. The summed E-state index contributed by atoms with van der Waals surface area (Å²) in [6.45, 7) is 3.77. The maximum Gasteiger partial charge on any atom is 0.166 e. The number of aryl methyl sites for hydroxylation is 3. The fraction of sp³-hybridized carbons (Fsp3) is 0.500. The highest BCUT2D eigenvalue weighted by molar-refractivity contribution is 6.30. The fourth-order valence-corrected chi connectivity index (χ4v) is 2.92. The number of hydrogen-bond acceptors (Lipinski definition) is 4. The summed E-state index contributed by atoms with van der Waals surface area (Å²) in [6.07, 6.45) is 5.53. The number of aromatic nitrogens is 3. The Hall–Kier alpha value is -1.42. The van der Waals surface area contributed by atoms with Crippen molar-refractivity contribution in [1.29, 1.82) is 0 Å². The van der Waals surface area contributed by atoms with Crippen molar-refractivity contribution in [2.24, 2.45) is 0 Å². The van der Waals surface area contributed by atoms with Crippen LogP contribution in [0.1, 0.15) is 42.0 Å². The Balaban J connectivity index is 2.14. The third-order valence-electron chi connectivity index (χ3n) is 3.64. The lowest BCUT2D eigenvalue weighted by Crippen LogP contribution is -2.02. The van der Waals surface area contributed by atoms with Crippen LogP contribution in [-0.4, -0.2) is 15.1 Å². The van der Waals surface area contributed by atoms with Gasteiger partial charge in [0.15, 0.2) is 5.82 Å². The van der Waals surface area contributed by atoms with Gasteiger partial charge in [0.25, 0.3) is 0 Å². The Morgan fingerprint density at radius 3 is 2.58 bits per heavy atom. The van der Waals surface area contributed by atoms with Crippen LogP contribution in [0.15, 0.2) is 4.52 Å². The summed E-state index contributed by atoms with van der Waals surface area (Å²) < 4.78 is 5.19. The second-order valence-electron chi connectivity index (χ2n) is 5.02. The molecule has 0 atom stereocenters. The lowest BCUT2D eigenvalue weighted by Gasteiger charge is -2.09. The molecule has 0 aromatic carbocycles. The Morgan fingerprint density at radius 2 is 1.84 bits per heavy atom. The van der Waals surface area contributed by atoms with Crippen molar-refractivity contribution in [1.82, 2.24) is 15.1 Å². The minimum absolute atomic E-state index is 0.585. The summed E-state index contributed by atoms with van der Waals surface area (Å²) in [6, 6.07) is 0. The summed E-state index contributed by atoms with van der Waals surface area (Å²) in [7, 11) is 0. The highest BCUT2D eigenvalue weighted by atomic mass is 35.5. The highest BCUT2D eigenvalue weighted by Gasteiger charge is 2.20. The van der Waals surface area contributed by atoms with Gasteiger partial charge in [0.05, 0.1) is 11.3 Å². The minimum Gasteiger partial charge on any atom is -0.361 e. The maximum absolute atomic E-state index is 6.34. The molecule has 0 saturated heterocycles. The molecule has 2 aromatic rings. The predicted octanol–water partition coefficient (Wildman–Crippen LogP) is 3.67. The molecule has 1 aliphatic carbocycles. The van der Waals surface area contributed by atoms with Crippen molar-refractivity contribution in [2.75, 3.05) is 0 Å². The van der Waals surface area contributed by atoms with Crippen LogP contribution >= 0.6 is 11.6 Å². The van der Waals surface area contributed by atoms with E-state index in [0.717, 1.165) is 41.1 Å². The lowest BCUT2D eigenvalue weighted by molar-refractivity contribution is 0.393. The number of nitrogens with zero attached hydrogens (tertiary/aromatic N) is 3. The first-order chi connectivity index (χ1) is 9.16. The zero-order chi connectivity index (χ0) is 13.4. The second-order valence-corrected chi connectivity index (χ2v) is 5.38. The minimum atomic E-state index is 0.585. The molecule has 0 saturated carbocycles. The Kier molecular flexibility index (Phi) is 3.27. The Labute approximate surface area is 117 Å². The van der Waals surface area contributed by atoms with Gasteiger partial charge in [-0.15, -0.1) is 0 Å². The van der Waals surface area contributed by atoms with Crippen LogP contribution in [0.2, 0.25) is 5.15 Å². The summed E-state index contributed by atoms with van der Waals surface area (Å²) in [5.41, 5.74) is 3.89. The number of hydrogen-bond donors (Lipinski definition) is 0. The van der Waals surface area contributed by atoms with E-state index in [2.05, 4.69) is 10.1 Å². The van der Waals surface area contributed by atoms with E-state index in [1.54, 1.807) is 0 Å². The molecule has 0 spiro atoms. The van der Waals surface area contributed by atoms with Gasteiger partial charge in [-0.2, -0.15) is 0 Å². The molecule has 0 bridgehead atoms. The van der Waals surface area contributed by atoms with Gasteiger partial charge in [0.1, 0.15) is 10.9 Å². The van der Waals surface area contributed by atoms with Gasteiger partial charge in [-0.1, -0.05) is 23.2 Å². The molecule has 0 amide bonds. The van der Waals surface area contributed by atoms with E-state index in [0.29, 0.717) is 11.0 Å². The van der Waals surface area contributed by atoms with Crippen molar-refractivity contribution in [2.45, 2.75) is 46.0 Å². The van der Waals surface area contributed by atoms with Crippen molar-refractivity contribution >= 4 is 11.6 Å². The van der Waals surface area contributed by atoms with Gasteiger partial charge in [0, 0.05) is 11.3 Å². The van der Waals surface area contributed by atoms with E-state index >= 15 is 0 Å². The van der Waals surface area contributed by atoms with Crippen LogP contribution in [0.3, 0.4) is 0 Å². The molecule has 19 heavy (non-hydrogen) atoms. The van der Waals surface area contributed by atoms with E-state index in [1.165, 1.54) is 19.3 Å². The van der Waals surface area contributed by atoms with Crippen LogP contribution in [-0.2, 0) is 12.8 Å². The molecule has 2 heterocycles. The largest absolute Gasteiger partial charge is 0.361 e. The smallest absolute Gasteiger partial charge is 0.166 e. The van der Waals surface area contributed by atoms with Crippen molar-refractivity contribution < 1.29 is 4.52 Å². The quantitative estimate of drug-likeness (QED) is 0.589. The molecule has 0 radical (unpaired) electrons. The van der Waals surface area contributed by atoms with E-state index in [9.17, 15) is 0 Å². The zero-order valence-corrected chi connectivity index (χ0v) is 11.9. The number of halogens is 1. The van der Waals surface area contributed by atoms with Gasteiger partial charge in [0.2, 0.25) is 0 Å². The van der Waals surface area contributed by atoms with Gasteiger partial charge in [-0.05, 0) is 39.5 Å². The maximum atomic E-state index is 6.34. The van der Waals surface area contributed by atoms with E-state index in [1.807, 2.05) is 13.8 Å². The first-order valence-corrected chi connectivity index (χ1v) is 7.03. The van der Waals surface area contributed by atoms with Gasteiger partial charge >= 0.3 is 0 Å². The second kappa shape index (κ2) is 4.93. The number of rotatable bonds is 1. The zero-order valence-electron chi connectivity index (χ0n) is 11.2. The molecular weight excluding hydrogens is 262 g/mol. The van der Waals surface area contributed by atoms with Crippen LogP contribution in [0, 0.1) is 13.8 Å². The fourth-order valence-electron chi connectivity index (χ4n) is 2.64. The molecule has 4 nitrogen and oxygen atoms in total. The predicted molar refractivity (Wildman–Crippen MR) is 73.3 cm³/mol. The SMILES string of the molecule is Cc1noc(C)c1-c1nc(Cl)c2c(n1)CCCCC2. The third-order valence-corrected chi connectivity index (χ3v) is 3.95. The Morgan fingerprint density at radius 1 is 1.05 bits per heavy atom. The molecule has 100 valence electrons. The monoisotopic (exact) mass is 277 g/mol. The molecule has 3 rings (SSSR count). The average Bonchev–Trinajstić information content (AvgIpc) is 2.60. The average molecular weight is 278 g/mol. The van der Waals surface area contributed by atoms with Crippen LogP contribution in [0.5, 0.6) is 0 Å². The molecule has 2 aromatic heterocycles. The van der Waals surface area contributed by atoms with Gasteiger partial charge < -0.3 is 4.52 Å². The molecular formula is C14H16ClN3O. The summed E-state index contributed by atoms with van der Waals surface area (Å²) >= 11 is 6.34. The molecule has 0 fully saturated rings. The normalized spacial score (nSPS) is 15.1. The first-order valence-electron chi connectivity index (χ1n) is 6.65. The van der Waals surface area contributed by atoms with Gasteiger partial charge in [-0.25, -0.2) is 9.97 Å². The van der Waals surface area contributed by atoms with E-state index < -0.39 is 0 Å². The molecule has 0 aliphatic heterocycles. The topological polar surface area (TPSA) is 51.8 Å².